The number of amides is 2. The fourth-order valence-corrected chi connectivity index (χ4v) is 9.49. The van der Waals surface area contributed by atoms with Gasteiger partial charge in [-0.05, 0) is 42.2 Å². The number of hydrogen-bond acceptors (Lipinski definition) is 10. The van der Waals surface area contributed by atoms with E-state index in [1.54, 1.807) is 12.1 Å². The molecule has 48 heavy (non-hydrogen) atoms. The summed E-state index contributed by atoms with van der Waals surface area (Å²) >= 11 is 0. The van der Waals surface area contributed by atoms with E-state index in [4.69, 9.17) is 9.29 Å². The predicted molar refractivity (Wildman–Crippen MR) is 176 cm³/mol. The quantitative estimate of drug-likeness (QED) is 0.119. The second-order valence-electron chi connectivity index (χ2n) is 13.1. The molecule has 0 radical (unpaired) electrons. The molecule has 1 saturated heterocycles. The van der Waals surface area contributed by atoms with Crippen LogP contribution in [0.25, 0.3) is 0 Å². The van der Waals surface area contributed by atoms with E-state index in [2.05, 4.69) is 10.6 Å². The van der Waals surface area contributed by atoms with Crippen LogP contribution in [0, 0.1) is 10.6 Å². The molecule has 2 aromatic rings. The van der Waals surface area contributed by atoms with Crippen LogP contribution >= 0.6 is 0 Å². The number of ether oxygens (including phenoxy) is 1. The van der Waals surface area contributed by atoms with Crippen LogP contribution in [0.2, 0.25) is 0 Å². The zero-order valence-electron chi connectivity index (χ0n) is 27.1. The number of carbonyl (C=O) groups is 1. The summed E-state index contributed by atoms with van der Waals surface area (Å²) in [5, 5.41) is 50.2. The largest absolute Gasteiger partial charge is 0.628 e. The van der Waals surface area contributed by atoms with Crippen molar-refractivity contribution in [3.63, 3.8) is 0 Å². The Morgan fingerprint density at radius 1 is 1.12 bits per heavy atom. The van der Waals surface area contributed by atoms with Gasteiger partial charge in [-0.2, -0.15) is 8.42 Å². The number of alkyl halides is 1. The topological polar surface area (TPSA) is 223 Å². The van der Waals surface area contributed by atoms with Crippen molar-refractivity contribution >= 4 is 37.4 Å². The van der Waals surface area contributed by atoms with Gasteiger partial charge in [0.15, 0.2) is 22.2 Å². The minimum Gasteiger partial charge on any atom is -0.628 e. The molecule has 0 aliphatic carbocycles. The summed E-state index contributed by atoms with van der Waals surface area (Å²) in [6.45, 7) is 3.80. The molecule has 14 nitrogen and oxygen atoms in total. The zero-order chi connectivity index (χ0) is 35.8. The molecule has 17 heteroatoms. The maximum Gasteiger partial charge on any atom is 0.321 e. The van der Waals surface area contributed by atoms with E-state index in [1.807, 2.05) is 13.8 Å². The van der Waals surface area contributed by atoms with Crippen molar-refractivity contribution in [2.24, 2.45) is 5.41 Å². The third kappa shape index (κ3) is 8.17. The normalized spacial score (nSPS) is 30.6. The van der Waals surface area contributed by atoms with E-state index >= 15 is 0 Å². The second kappa shape index (κ2) is 14.2. The number of carbonyl (C=O) groups excluding carboxylic acids is 1. The molecule has 2 heterocycles. The first-order valence-electron chi connectivity index (χ1n) is 15.6. The van der Waals surface area contributed by atoms with E-state index in [-0.39, 0.29) is 27.6 Å². The number of quaternary nitrogens is 1. The summed E-state index contributed by atoms with van der Waals surface area (Å²) in [6.07, 6.45) is -9.17. The van der Waals surface area contributed by atoms with Gasteiger partial charge in [-0.1, -0.05) is 38.8 Å². The molecule has 2 aliphatic rings. The van der Waals surface area contributed by atoms with Crippen molar-refractivity contribution in [1.82, 2.24) is 9.96 Å². The van der Waals surface area contributed by atoms with Gasteiger partial charge in [-0.15, -0.1) is 0 Å². The average molecular weight is 718 g/mol. The molecular weight excluding hydrogens is 673 g/mol. The van der Waals surface area contributed by atoms with Crippen molar-refractivity contribution in [3.8, 4) is 0 Å². The van der Waals surface area contributed by atoms with Gasteiger partial charge >= 0.3 is 6.03 Å². The Balaban J connectivity index is 1.71. The molecule has 0 unspecified atom stereocenters. The first-order valence-corrected chi connectivity index (χ1v) is 18.9. The monoisotopic (exact) mass is 717 g/mol. The number of aliphatic hydroxyl groups excluding tert-OH is 3. The second-order valence-corrected chi connectivity index (χ2v) is 16.5. The minimum atomic E-state index is -4.74. The van der Waals surface area contributed by atoms with E-state index < -0.39 is 84.5 Å². The lowest BCUT2D eigenvalue weighted by atomic mass is 9.69. The molecule has 0 saturated carbocycles. The lowest BCUT2D eigenvalue weighted by molar-refractivity contribution is -0.202. The molecule has 2 aromatic carbocycles. The Morgan fingerprint density at radius 2 is 1.81 bits per heavy atom. The van der Waals surface area contributed by atoms with Crippen molar-refractivity contribution in [2.45, 2.75) is 87.2 Å². The van der Waals surface area contributed by atoms with Gasteiger partial charge in [-0.3, -0.25) is 4.55 Å². The number of benzene rings is 2. The summed E-state index contributed by atoms with van der Waals surface area (Å²) in [5.74, 6) is -2.47. The molecule has 0 spiro atoms. The summed E-state index contributed by atoms with van der Waals surface area (Å²) in [7, 11) is -5.88. The Labute approximate surface area is 279 Å². The highest BCUT2D eigenvalue weighted by molar-refractivity contribution is 7.91. The van der Waals surface area contributed by atoms with Crippen LogP contribution in [0.4, 0.5) is 20.6 Å². The van der Waals surface area contributed by atoms with Gasteiger partial charge in [0.25, 0.3) is 10.1 Å². The molecule has 8 atom stereocenters. The number of fused-ring (bicyclic) bond motifs is 1. The van der Waals surface area contributed by atoms with Crippen LogP contribution in [0.3, 0.4) is 0 Å². The molecule has 6 N–H and O–H groups in total. The van der Waals surface area contributed by atoms with Gasteiger partial charge < -0.3 is 40.5 Å². The number of rotatable bonds is 10. The number of hydroxylamine groups is 2. The van der Waals surface area contributed by atoms with Crippen LogP contribution in [0.5, 0.6) is 0 Å². The van der Waals surface area contributed by atoms with Gasteiger partial charge in [0.1, 0.15) is 29.8 Å². The van der Waals surface area contributed by atoms with Crippen LogP contribution in [-0.2, 0) is 24.7 Å². The van der Waals surface area contributed by atoms with Gasteiger partial charge in [0, 0.05) is 29.2 Å². The highest BCUT2D eigenvalue weighted by Gasteiger charge is 2.50. The Bertz CT molecular complexity index is 1700. The molecule has 1 fully saturated rings. The van der Waals surface area contributed by atoms with E-state index in [0.717, 1.165) is 6.42 Å². The summed E-state index contributed by atoms with van der Waals surface area (Å²) in [5.41, 5.74) is 0.0569. The minimum absolute atomic E-state index is 0.000661. The third-order valence-electron chi connectivity index (χ3n) is 9.25. The van der Waals surface area contributed by atoms with Crippen molar-refractivity contribution < 1.29 is 50.6 Å². The number of sulfone groups is 1. The first kappa shape index (κ1) is 38.1. The molecular formula is C31H44FN3O11S2. The average Bonchev–Trinajstić information content (AvgIpc) is 3.06. The van der Waals surface area contributed by atoms with E-state index in [9.17, 15) is 46.5 Å². The number of halogens is 1. The van der Waals surface area contributed by atoms with E-state index in [1.165, 1.54) is 44.4 Å². The smallest absolute Gasteiger partial charge is 0.321 e. The van der Waals surface area contributed by atoms with Crippen LogP contribution in [-0.4, -0.2) is 105 Å². The maximum atomic E-state index is 14.4. The Morgan fingerprint density at radius 3 is 2.42 bits per heavy atom. The Hall–Kier alpha value is -2.74. The molecule has 0 aromatic heterocycles. The summed E-state index contributed by atoms with van der Waals surface area (Å²) < 4.78 is 78.3. The highest BCUT2D eigenvalue weighted by atomic mass is 32.2. The fraction of sp³-hybridized carbons (Fsp3) is 0.581. The number of urea groups is 1. The van der Waals surface area contributed by atoms with Crippen LogP contribution in [0.1, 0.15) is 56.6 Å². The first-order chi connectivity index (χ1) is 22.2. The van der Waals surface area contributed by atoms with Gasteiger partial charge in [0.2, 0.25) is 0 Å². The Kier molecular flexibility index (Phi) is 11.3. The van der Waals surface area contributed by atoms with Crippen molar-refractivity contribution in [2.75, 3.05) is 30.9 Å². The SMILES string of the molecule is CCCC[C@]1(CC)CS(=O)(=O)c2ccc([N+](C)(C)[O-])cc2[C@@H](c2cccc(NC(=O)N[C@@H]3O[C@H](CS(=O)(=O)O)[C@@H](F)[C@H](O)[C@H]3O)c2)[C@H]1O. The number of aliphatic hydroxyl groups is 3. The molecule has 268 valence electrons. The van der Waals surface area contributed by atoms with Crippen molar-refractivity contribution in [3.05, 3.63) is 58.8 Å². The van der Waals surface area contributed by atoms with Crippen LogP contribution in [0.15, 0.2) is 47.4 Å². The van der Waals surface area contributed by atoms with Gasteiger partial charge in [-0.25, -0.2) is 17.6 Å². The number of nitrogens with one attached hydrogen (secondary N) is 2. The van der Waals surface area contributed by atoms with Crippen LogP contribution < -0.4 is 15.3 Å². The predicted octanol–water partition coefficient (Wildman–Crippen LogP) is 2.41. The zero-order valence-corrected chi connectivity index (χ0v) is 28.7. The molecule has 0 bridgehead atoms. The molecule has 4 rings (SSSR count). The van der Waals surface area contributed by atoms with Gasteiger partial charge in [0.05, 0.1) is 30.8 Å². The maximum absolute atomic E-state index is 14.4. The van der Waals surface area contributed by atoms with Crippen molar-refractivity contribution in [1.29, 1.82) is 0 Å². The highest BCUT2D eigenvalue weighted by Crippen LogP contribution is 2.49. The molecule has 2 amide bonds. The summed E-state index contributed by atoms with van der Waals surface area (Å²) in [4.78, 5) is 13.0. The summed E-state index contributed by atoms with van der Waals surface area (Å²) in [6, 6.07) is 9.60. The fourth-order valence-electron chi connectivity index (χ4n) is 6.56. The number of hydrogen-bond donors (Lipinski definition) is 6. The standard InChI is InChI=1S/C31H44FN3O11S2/c1-5-7-13-31(6-2)17-47(41,42)23-12-11-20(35(3,4)40)15-21(23)24(28(31)38)18-9-8-10-19(14-18)33-30(39)34-29-27(37)26(36)25(32)22(46-29)16-48(43,44)45/h8-12,14-15,22,24-29,36-38H,5-7,13,16-17H2,1-4H3,(H2,33,34,39)(H,43,44,45)/t22-,24-,25-,26+,27-,28-,29-,31-/m1/s1. The number of nitrogens with zero attached hydrogens (tertiary/aromatic N) is 1. The number of unbranched alkanes of at least 4 members (excludes halogenated alkanes) is 1. The number of anilines is 1. The van der Waals surface area contributed by atoms with E-state index in [0.29, 0.717) is 24.8 Å². The molecule has 2 aliphatic heterocycles. The third-order valence-corrected chi connectivity index (χ3v) is 12.0. The lowest BCUT2D eigenvalue weighted by Crippen LogP contribution is -2.62. The lowest BCUT2D eigenvalue weighted by Gasteiger charge is -2.40.